The van der Waals surface area contributed by atoms with Gasteiger partial charge in [-0.3, -0.25) is 19.2 Å². The summed E-state index contributed by atoms with van der Waals surface area (Å²) < 4.78 is 26.5. The molecule has 9 heteroatoms. The van der Waals surface area contributed by atoms with Crippen molar-refractivity contribution in [3.63, 3.8) is 0 Å². The highest BCUT2D eigenvalue weighted by Gasteiger charge is 2.21. The summed E-state index contributed by atoms with van der Waals surface area (Å²) in [4.78, 5) is 22.8. The van der Waals surface area contributed by atoms with Crippen molar-refractivity contribution in [1.29, 1.82) is 0 Å². The summed E-state index contributed by atoms with van der Waals surface area (Å²) in [5.74, 6) is -0.467. The summed E-state index contributed by atoms with van der Waals surface area (Å²) in [6, 6.07) is 19.6. The third-order valence-electron chi connectivity index (χ3n) is 4.21. The number of nitro groups is 1. The Morgan fingerprint density at radius 3 is 2.24 bits per heavy atom. The Balaban J connectivity index is 1.77. The number of carbonyl (C=O) groups is 1. The van der Waals surface area contributed by atoms with E-state index < -0.39 is 20.9 Å². The third-order valence-corrected chi connectivity index (χ3v) is 6.01. The predicted octanol–water partition coefficient (Wildman–Crippen LogP) is 3.67. The minimum absolute atomic E-state index is 0.133. The maximum Gasteiger partial charge on any atom is 0.271 e. The number of rotatable bonds is 6. The molecule has 1 amide bonds. The third kappa shape index (κ3) is 4.41. The van der Waals surface area contributed by atoms with Crippen LogP contribution in [0.2, 0.25) is 0 Å². The van der Waals surface area contributed by atoms with Crippen molar-refractivity contribution in [1.82, 2.24) is 0 Å². The van der Waals surface area contributed by atoms with Crippen molar-refractivity contribution >= 4 is 33.0 Å². The molecule has 3 aromatic rings. The molecule has 1 N–H and O–H groups in total. The maximum absolute atomic E-state index is 12.7. The van der Waals surface area contributed by atoms with E-state index in [2.05, 4.69) is 5.32 Å². The van der Waals surface area contributed by atoms with Gasteiger partial charge in [0.15, 0.2) is 0 Å². The standard InChI is InChI=1S/C20H17N3O5S/c1-22(29(27,28)19-8-3-2-4-9-19)17-12-10-15(11-13-17)20(24)21-16-6-5-7-18(14-16)23(25)26/h2-14H,1H3,(H,21,24). The second kappa shape index (κ2) is 8.11. The van der Waals surface area contributed by atoms with Crippen LogP contribution in [0.3, 0.4) is 0 Å². The first-order chi connectivity index (χ1) is 13.8. The number of benzene rings is 3. The average Bonchev–Trinajstić information content (AvgIpc) is 2.74. The molecule has 0 aromatic heterocycles. The lowest BCUT2D eigenvalue weighted by molar-refractivity contribution is -0.384. The van der Waals surface area contributed by atoms with Crippen LogP contribution < -0.4 is 9.62 Å². The monoisotopic (exact) mass is 411 g/mol. The fourth-order valence-electron chi connectivity index (χ4n) is 2.61. The Labute approximate surface area is 167 Å². The largest absolute Gasteiger partial charge is 0.322 e. The van der Waals surface area contributed by atoms with Crippen LogP contribution in [0.4, 0.5) is 17.1 Å². The van der Waals surface area contributed by atoms with Gasteiger partial charge in [0.25, 0.3) is 21.6 Å². The lowest BCUT2D eigenvalue weighted by Gasteiger charge is -2.19. The SMILES string of the molecule is CN(c1ccc(C(=O)Nc2cccc([N+](=O)[O-])c2)cc1)S(=O)(=O)c1ccccc1. The molecular weight excluding hydrogens is 394 g/mol. The van der Waals surface area contributed by atoms with Crippen LogP contribution in [-0.2, 0) is 10.0 Å². The van der Waals surface area contributed by atoms with Crippen LogP contribution in [0.25, 0.3) is 0 Å². The van der Waals surface area contributed by atoms with Crippen LogP contribution in [0.15, 0.2) is 83.8 Å². The number of carbonyl (C=O) groups excluding carboxylic acids is 1. The molecule has 0 aliphatic rings. The van der Waals surface area contributed by atoms with Gasteiger partial charge in [-0.05, 0) is 42.5 Å². The molecule has 0 spiro atoms. The van der Waals surface area contributed by atoms with E-state index in [-0.39, 0.29) is 21.8 Å². The Bertz CT molecular complexity index is 1150. The molecule has 0 unspecified atom stereocenters. The molecule has 29 heavy (non-hydrogen) atoms. The van der Waals surface area contributed by atoms with Crippen molar-refractivity contribution < 1.29 is 18.1 Å². The van der Waals surface area contributed by atoms with Crippen molar-refractivity contribution in [2.45, 2.75) is 4.90 Å². The molecule has 8 nitrogen and oxygen atoms in total. The normalized spacial score (nSPS) is 10.9. The first-order valence-corrected chi connectivity index (χ1v) is 9.93. The number of nitrogens with zero attached hydrogens (tertiary/aromatic N) is 2. The molecule has 0 fully saturated rings. The van der Waals surface area contributed by atoms with E-state index in [1.54, 1.807) is 24.3 Å². The van der Waals surface area contributed by atoms with Crippen LogP contribution in [0.5, 0.6) is 0 Å². The van der Waals surface area contributed by atoms with Gasteiger partial charge in [-0.25, -0.2) is 8.42 Å². The van der Waals surface area contributed by atoms with Crippen LogP contribution in [0.1, 0.15) is 10.4 Å². The Morgan fingerprint density at radius 1 is 0.966 bits per heavy atom. The average molecular weight is 411 g/mol. The van der Waals surface area contributed by atoms with Crippen molar-refractivity contribution in [3.05, 3.63) is 94.5 Å². The number of non-ortho nitro benzene ring substituents is 1. The molecule has 0 radical (unpaired) electrons. The van der Waals surface area contributed by atoms with Crippen molar-refractivity contribution in [2.24, 2.45) is 0 Å². The van der Waals surface area contributed by atoms with Gasteiger partial charge in [-0.2, -0.15) is 0 Å². The highest BCUT2D eigenvalue weighted by atomic mass is 32.2. The smallest absolute Gasteiger partial charge is 0.271 e. The van der Waals surface area contributed by atoms with E-state index in [1.165, 1.54) is 61.6 Å². The van der Waals surface area contributed by atoms with Crippen LogP contribution in [0, 0.1) is 10.1 Å². The van der Waals surface area contributed by atoms with E-state index in [9.17, 15) is 23.3 Å². The van der Waals surface area contributed by atoms with Gasteiger partial charge in [0.1, 0.15) is 0 Å². The number of sulfonamides is 1. The minimum atomic E-state index is -3.72. The summed E-state index contributed by atoms with van der Waals surface area (Å²) in [6.07, 6.45) is 0. The zero-order valence-corrected chi connectivity index (χ0v) is 16.2. The number of hydrogen-bond donors (Lipinski definition) is 1. The summed E-state index contributed by atoms with van der Waals surface area (Å²) in [7, 11) is -2.29. The molecule has 0 atom stereocenters. The van der Waals surface area contributed by atoms with Gasteiger partial charge >= 0.3 is 0 Å². The second-order valence-corrected chi connectivity index (χ2v) is 8.06. The summed E-state index contributed by atoms with van der Waals surface area (Å²) in [6.45, 7) is 0. The van der Waals surface area contributed by atoms with Gasteiger partial charge in [0.05, 0.1) is 15.5 Å². The summed E-state index contributed by atoms with van der Waals surface area (Å²) in [5, 5.41) is 13.4. The number of nitrogens with one attached hydrogen (secondary N) is 1. The summed E-state index contributed by atoms with van der Waals surface area (Å²) >= 11 is 0. The van der Waals surface area contributed by atoms with Gasteiger partial charge in [-0.1, -0.05) is 24.3 Å². The molecule has 0 bridgehead atoms. The van der Waals surface area contributed by atoms with Crippen LogP contribution >= 0.6 is 0 Å². The molecular formula is C20H17N3O5S. The fourth-order valence-corrected chi connectivity index (χ4v) is 3.83. The topological polar surface area (TPSA) is 110 Å². The zero-order valence-electron chi connectivity index (χ0n) is 15.3. The van der Waals surface area contributed by atoms with E-state index >= 15 is 0 Å². The number of amides is 1. The first-order valence-electron chi connectivity index (χ1n) is 8.49. The lowest BCUT2D eigenvalue weighted by atomic mass is 10.2. The van der Waals surface area contributed by atoms with E-state index in [1.807, 2.05) is 0 Å². The minimum Gasteiger partial charge on any atom is -0.322 e. The number of hydrogen-bond acceptors (Lipinski definition) is 5. The quantitative estimate of drug-likeness (QED) is 0.492. The first kappa shape index (κ1) is 20.0. The van der Waals surface area contributed by atoms with Gasteiger partial charge < -0.3 is 5.32 Å². The van der Waals surface area contributed by atoms with Gasteiger partial charge in [-0.15, -0.1) is 0 Å². The predicted molar refractivity (Wildman–Crippen MR) is 110 cm³/mol. The van der Waals surface area contributed by atoms with Crippen LogP contribution in [-0.4, -0.2) is 26.3 Å². The number of nitro benzene ring substituents is 1. The van der Waals surface area contributed by atoms with E-state index in [0.29, 0.717) is 5.69 Å². The number of anilines is 2. The molecule has 148 valence electrons. The Morgan fingerprint density at radius 2 is 1.62 bits per heavy atom. The molecule has 3 rings (SSSR count). The Kier molecular flexibility index (Phi) is 5.60. The van der Waals surface area contributed by atoms with E-state index in [0.717, 1.165) is 4.31 Å². The molecule has 0 saturated heterocycles. The second-order valence-electron chi connectivity index (χ2n) is 6.09. The van der Waals surface area contributed by atoms with E-state index in [4.69, 9.17) is 0 Å². The lowest BCUT2D eigenvalue weighted by Crippen LogP contribution is -2.26. The van der Waals surface area contributed by atoms with Gasteiger partial charge in [0.2, 0.25) is 0 Å². The highest BCUT2D eigenvalue weighted by molar-refractivity contribution is 7.92. The van der Waals surface area contributed by atoms with Crippen molar-refractivity contribution in [3.8, 4) is 0 Å². The Hall–Kier alpha value is -3.72. The highest BCUT2D eigenvalue weighted by Crippen LogP contribution is 2.23. The molecule has 0 heterocycles. The molecule has 0 aliphatic heterocycles. The fraction of sp³-hybridized carbons (Fsp3) is 0.0500. The van der Waals surface area contributed by atoms with Crippen molar-refractivity contribution in [2.75, 3.05) is 16.7 Å². The maximum atomic E-state index is 12.7. The molecule has 0 saturated carbocycles. The zero-order chi connectivity index (χ0) is 21.0. The summed E-state index contributed by atoms with van der Waals surface area (Å²) in [5.41, 5.74) is 0.828. The molecule has 0 aliphatic carbocycles. The van der Waals surface area contributed by atoms with Gasteiger partial charge in [0, 0.05) is 30.4 Å². The molecule has 3 aromatic carbocycles.